The highest BCUT2D eigenvalue weighted by atomic mass is 19.4. The molecule has 2 aromatic carbocycles. The van der Waals surface area contributed by atoms with Gasteiger partial charge in [-0.2, -0.15) is 4.98 Å². The number of rotatable bonds is 4. The van der Waals surface area contributed by atoms with Crippen molar-refractivity contribution in [3.8, 4) is 11.4 Å². The first-order valence-electron chi connectivity index (χ1n) is 7.22. The van der Waals surface area contributed by atoms with Crippen molar-refractivity contribution >= 4 is 11.6 Å². The van der Waals surface area contributed by atoms with Crippen LogP contribution in [0.2, 0.25) is 0 Å². The second-order valence-electron chi connectivity index (χ2n) is 5.26. The van der Waals surface area contributed by atoms with Gasteiger partial charge in [0.25, 0.3) is 0 Å². The van der Waals surface area contributed by atoms with Crippen molar-refractivity contribution < 1.29 is 26.7 Å². The quantitative estimate of drug-likeness (QED) is 0.688. The third-order valence-corrected chi connectivity index (χ3v) is 3.35. The van der Waals surface area contributed by atoms with E-state index in [0.29, 0.717) is 11.3 Å². The molecular formula is C16H11F5N4O. The number of aryl methyl sites for hydroxylation is 1. The van der Waals surface area contributed by atoms with Gasteiger partial charge in [0.1, 0.15) is 12.1 Å². The van der Waals surface area contributed by atoms with Crippen LogP contribution in [0.3, 0.4) is 0 Å². The molecule has 1 aromatic heterocycles. The van der Waals surface area contributed by atoms with Crippen molar-refractivity contribution in [1.82, 2.24) is 14.8 Å². The summed E-state index contributed by atoms with van der Waals surface area (Å²) in [5.74, 6) is -2.38. The van der Waals surface area contributed by atoms with Crippen LogP contribution >= 0.6 is 0 Å². The van der Waals surface area contributed by atoms with Gasteiger partial charge in [-0.15, -0.1) is 18.3 Å². The standard InChI is InChI=1S/C16H11F5N4O/c1-9-2-4-11(26-16(19,20)21)7-14(9)23-15-22-8-25(24-15)10-3-5-12(17)13(18)6-10/h2-8H,1H3,(H,23,24). The smallest absolute Gasteiger partial charge is 0.406 e. The number of anilines is 2. The molecule has 0 radical (unpaired) electrons. The average molecular weight is 370 g/mol. The molecule has 5 nitrogen and oxygen atoms in total. The van der Waals surface area contributed by atoms with Gasteiger partial charge in [-0.05, 0) is 30.7 Å². The summed E-state index contributed by atoms with van der Waals surface area (Å²) in [5.41, 5.74) is 1.16. The van der Waals surface area contributed by atoms with E-state index in [4.69, 9.17) is 0 Å². The summed E-state index contributed by atoms with van der Waals surface area (Å²) >= 11 is 0. The molecule has 3 rings (SSSR count). The predicted octanol–water partition coefficient (Wildman–Crippen LogP) is 4.50. The number of aromatic nitrogens is 3. The SMILES string of the molecule is Cc1ccc(OC(F)(F)F)cc1Nc1ncn(-c2ccc(F)c(F)c2)n1. The van der Waals surface area contributed by atoms with Gasteiger partial charge in [-0.1, -0.05) is 6.07 Å². The molecule has 0 amide bonds. The van der Waals surface area contributed by atoms with Crippen LogP contribution < -0.4 is 10.1 Å². The fraction of sp³-hybridized carbons (Fsp3) is 0.125. The maximum absolute atomic E-state index is 13.3. The highest BCUT2D eigenvalue weighted by molar-refractivity contribution is 5.60. The van der Waals surface area contributed by atoms with Crippen LogP contribution in [-0.4, -0.2) is 21.1 Å². The molecule has 1 heterocycles. The number of nitrogens with one attached hydrogen (secondary N) is 1. The van der Waals surface area contributed by atoms with E-state index in [1.165, 1.54) is 29.2 Å². The summed E-state index contributed by atoms with van der Waals surface area (Å²) in [5, 5.41) is 6.79. The number of nitrogens with zero attached hydrogens (tertiary/aromatic N) is 3. The van der Waals surface area contributed by atoms with Gasteiger partial charge < -0.3 is 10.1 Å². The zero-order valence-corrected chi connectivity index (χ0v) is 13.2. The van der Waals surface area contributed by atoms with Crippen molar-refractivity contribution in [3.63, 3.8) is 0 Å². The van der Waals surface area contributed by atoms with Crippen molar-refractivity contribution in [2.24, 2.45) is 0 Å². The topological polar surface area (TPSA) is 52.0 Å². The Morgan fingerprint density at radius 1 is 1.04 bits per heavy atom. The molecule has 0 aliphatic rings. The molecule has 0 atom stereocenters. The molecule has 0 fully saturated rings. The molecule has 10 heteroatoms. The number of alkyl halides is 3. The van der Waals surface area contributed by atoms with E-state index in [0.717, 1.165) is 18.2 Å². The fourth-order valence-electron chi connectivity index (χ4n) is 2.13. The summed E-state index contributed by atoms with van der Waals surface area (Å²) in [6.45, 7) is 1.67. The largest absolute Gasteiger partial charge is 0.573 e. The number of hydrogen-bond donors (Lipinski definition) is 1. The lowest BCUT2D eigenvalue weighted by Gasteiger charge is -2.12. The Hall–Kier alpha value is -3.17. The molecule has 0 spiro atoms. The van der Waals surface area contributed by atoms with Crippen molar-refractivity contribution in [3.05, 3.63) is 59.9 Å². The van der Waals surface area contributed by atoms with Gasteiger partial charge in [0.15, 0.2) is 11.6 Å². The summed E-state index contributed by atoms with van der Waals surface area (Å²) < 4.78 is 68.3. The Balaban J connectivity index is 1.82. The zero-order chi connectivity index (χ0) is 18.9. The second-order valence-corrected chi connectivity index (χ2v) is 5.26. The zero-order valence-electron chi connectivity index (χ0n) is 13.2. The third-order valence-electron chi connectivity index (χ3n) is 3.35. The van der Waals surface area contributed by atoms with E-state index in [-0.39, 0.29) is 11.6 Å². The van der Waals surface area contributed by atoms with E-state index in [9.17, 15) is 22.0 Å². The molecule has 0 saturated carbocycles. The number of benzene rings is 2. The van der Waals surface area contributed by atoms with Crippen LogP contribution in [0.25, 0.3) is 5.69 Å². The normalized spacial score (nSPS) is 11.5. The first kappa shape index (κ1) is 17.6. The molecule has 0 saturated heterocycles. The highest BCUT2D eigenvalue weighted by Crippen LogP contribution is 2.28. The molecular weight excluding hydrogens is 359 g/mol. The van der Waals surface area contributed by atoms with Crippen LogP contribution in [0.15, 0.2) is 42.7 Å². The van der Waals surface area contributed by atoms with Gasteiger partial charge in [-0.3, -0.25) is 0 Å². The van der Waals surface area contributed by atoms with Gasteiger partial charge >= 0.3 is 6.36 Å². The Kier molecular flexibility index (Phi) is 4.49. The van der Waals surface area contributed by atoms with E-state index >= 15 is 0 Å². The summed E-state index contributed by atoms with van der Waals surface area (Å²) in [6, 6.07) is 6.97. The molecule has 0 bridgehead atoms. The van der Waals surface area contributed by atoms with E-state index < -0.39 is 23.7 Å². The lowest BCUT2D eigenvalue weighted by Crippen LogP contribution is -2.17. The monoisotopic (exact) mass is 370 g/mol. The van der Waals surface area contributed by atoms with Crippen molar-refractivity contribution in [2.45, 2.75) is 13.3 Å². The summed E-state index contributed by atoms with van der Waals surface area (Å²) in [4.78, 5) is 3.95. The maximum atomic E-state index is 13.3. The van der Waals surface area contributed by atoms with E-state index in [2.05, 4.69) is 20.1 Å². The van der Waals surface area contributed by atoms with Crippen LogP contribution in [-0.2, 0) is 0 Å². The minimum Gasteiger partial charge on any atom is -0.406 e. The number of hydrogen-bond acceptors (Lipinski definition) is 4. The second kappa shape index (κ2) is 6.62. The number of halogens is 5. The lowest BCUT2D eigenvalue weighted by atomic mass is 10.2. The van der Waals surface area contributed by atoms with Gasteiger partial charge in [0.05, 0.1) is 5.69 Å². The minimum absolute atomic E-state index is 0.0574. The number of ether oxygens (including phenoxy) is 1. The van der Waals surface area contributed by atoms with Gasteiger partial charge in [0.2, 0.25) is 5.95 Å². The fourth-order valence-corrected chi connectivity index (χ4v) is 2.13. The molecule has 0 aliphatic heterocycles. The molecule has 3 aromatic rings. The molecule has 1 N–H and O–H groups in total. The molecule has 0 unspecified atom stereocenters. The van der Waals surface area contributed by atoms with Crippen LogP contribution in [0.5, 0.6) is 5.75 Å². The van der Waals surface area contributed by atoms with Crippen molar-refractivity contribution in [2.75, 3.05) is 5.32 Å². The summed E-state index contributed by atoms with van der Waals surface area (Å²) in [6.07, 6.45) is -3.56. The molecule has 26 heavy (non-hydrogen) atoms. The minimum atomic E-state index is -4.81. The van der Waals surface area contributed by atoms with E-state index in [1.54, 1.807) is 6.92 Å². The van der Waals surface area contributed by atoms with Gasteiger partial charge in [0, 0.05) is 17.8 Å². The van der Waals surface area contributed by atoms with Crippen LogP contribution in [0.4, 0.5) is 33.6 Å². The molecule has 136 valence electrons. The molecule has 0 aliphatic carbocycles. The van der Waals surface area contributed by atoms with Gasteiger partial charge in [-0.25, -0.2) is 13.5 Å². The highest BCUT2D eigenvalue weighted by Gasteiger charge is 2.31. The summed E-state index contributed by atoms with van der Waals surface area (Å²) in [7, 11) is 0. The lowest BCUT2D eigenvalue weighted by molar-refractivity contribution is -0.274. The van der Waals surface area contributed by atoms with E-state index in [1.807, 2.05) is 0 Å². The average Bonchev–Trinajstić information content (AvgIpc) is 3.00. The first-order valence-corrected chi connectivity index (χ1v) is 7.22. The first-order chi connectivity index (χ1) is 12.2. The Morgan fingerprint density at radius 2 is 1.81 bits per heavy atom. The maximum Gasteiger partial charge on any atom is 0.573 e. The Morgan fingerprint density at radius 3 is 2.50 bits per heavy atom. The van der Waals surface area contributed by atoms with Crippen LogP contribution in [0.1, 0.15) is 5.56 Å². The van der Waals surface area contributed by atoms with Crippen LogP contribution in [0, 0.1) is 18.6 Å². The Bertz CT molecular complexity index is 939. The third kappa shape index (κ3) is 4.08. The Labute approximate surface area is 144 Å². The van der Waals surface area contributed by atoms with Crippen molar-refractivity contribution in [1.29, 1.82) is 0 Å². The predicted molar refractivity (Wildman–Crippen MR) is 82.4 cm³/mol.